The summed E-state index contributed by atoms with van der Waals surface area (Å²) in [5.74, 6) is 0.484. The number of aromatic nitrogens is 3. The van der Waals surface area contributed by atoms with Gasteiger partial charge in [0.15, 0.2) is 5.65 Å². The second kappa shape index (κ2) is 4.66. The second-order valence-electron chi connectivity index (χ2n) is 3.96. The van der Waals surface area contributed by atoms with Gasteiger partial charge in [0.2, 0.25) is 5.95 Å². The number of nitrogens with zero attached hydrogens (tertiary/aromatic N) is 3. The molecule has 0 saturated carbocycles. The lowest BCUT2D eigenvalue weighted by molar-refractivity contribution is 0.965. The summed E-state index contributed by atoms with van der Waals surface area (Å²) in [5, 5.41) is 0. The number of hydrogen-bond donors (Lipinski definition) is 1. The van der Waals surface area contributed by atoms with Crippen LogP contribution >= 0.6 is 12.4 Å². The molecule has 0 saturated heterocycles. The average Bonchev–Trinajstić information content (AvgIpc) is 2.66. The van der Waals surface area contributed by atoms with E-state index in [2.05, 4.69) is 28.2 Å². The molecule has 4 nitrogen and oxygen atoms in total. The van der Waals surface area contributed by atoms with Crippen LogP contribution in [0.25, 0.3) is 22.3 Å². The van der Waals surface area contributed by atoms with E-state index in [1.54, 1.807) is 0 Å². The summed E-state index contributed by atoms with van der Waals surface area (Å²) in [6.07, 6.45) is 1.82. The monoisotopic (exact) mass is 260 g/mol. The van der Waals surface area contributed by atoms with Gasteiger partial charge in [-0.15, -0.1) is 12.4 Å². The number of fused-ring (bicyclic) bond motifs is 1. The van der Waals surface area contributed by atoms with E-state index < -0.39 is 0 Å². The quantitative estimate of drug-likeness (QED) is 0.732. The van der Waals surface area contributed by atoms with E-state index in [1.165, 1.54) is 0 Å². The smallest absolute Gasteiger partial charge is 0.202 e. The van der Waals surface area contributed by atoms with E-state index in [-0.39, 0.29) is 12.4 Å². The number of pyridine rings is 1. The lowest BCUT2D eigenvalue weighted by atomic mass is 10.1. The van der Waals surface area contributed by atoms with Gasteiger partial charge in [0.1, 0.15) is 0 Å². The highest BCUT2D eigenvalue weighted by Gasteiger charge is 2.07. The Bertz CT molecular complexity index is 676. The van der Waals surface area contributed by atoms with Crippen molar-refractivity contribution in [1.82, 2.24) is 14.5 Å². The third kappa shape index (κ3) is 1.91. The Morgan fingerprint density at radius 2 is 1.83 bits per heavy atom. The Kier molecular flexibility index (Phi) is 3.21. The Morgan fingerprint density at radius 3 is 2.56 bits per heavy atom. The van der Waals surface area contributed by atoms with Crippen LogP contribution in [0, 0.1) is 0 Å². The minimum atomic E-state index is 0. The molecule has 3 aromatic rings. The molecule has 0 fully saturated rings. The number of benzene rings is 1. The molecule has 1 aromatic carbocycles. The summed E-state index contributed by atoms with van der Waals surface area (Å²) in [5.41, 5.74) is 9.60. The fourth-order valence-corrected chi connectivity index (χ4v) is 1.87. The topological polar surface area (TPSA) is 56.7 Å². The van der Waals surface area contributed by atoms with E-state index >= 15 is 0 Å². The summed E-state index contributed by atoms with van der Waals surface area (Å²) in [4.78, 5) is 8.50. The van der Waals surface area contributed by atoms with Crippen molar-refractivity contribution in [1.29, 1.82) is 0 Å². The number of hydrogen-bond acceptors (Lipinski definition) is 3. The predicted octanol–water partition coefficient (Wildman–Crippen LogP) is 2.64. The maximum absolute atomic E-state index is 5.75. The first-order chi connectivity index (χ1) is 8.25. The van der Waals surface area contributed by atoms with Crippen LogP contribution in [0.3, 0.4) is 0 Å². The van der Waals surface area contributed by atoms with Crippen LogP contribution in [0.4, 0.5) is 5.95 Å². The molecule has 0 aliphatic carbocycles. The van der Waals surface area contributed by atoms with Crippen molar-refractivity contribution in [2.75, 3.05) is 5.73 Å². The summed E-state index contributed by atoms with van der Waals surface area (Å²) >= 11 is 0. The van der Waals surface area contributed by atoms with Gasteiger partial charge in [0, 0.05) is 18.8 Å². The van der Waals surface area contributed by atoms with Crippen LogP contribution < -0.4 is 5.73 Å². The number of imidazole rings is 1. The van der Waals surface area contributed by atoms with Crippen LogP contribution in [0.2, 0.25) is 0 Å². The number of nitrogen functional groups attached to an aromatic ring is 1. The van der Waals surface area contributed by atoms with E-state index in [1.807, 2.05) is 36.0 Å². The first-order valence-corrected chi connectivity index (χ1v) is 5.39. The molecule has 0 spiro atoms. The molecule has 0 aliphatic rings. The number of rotatable bonds is 1. The van der Waals surface area contributed by atoms with Crippen molar-refractivity contribution in [3.63, 3.8) is 0 Å². The van der Waals surface area contributed by atoms with Crippen molar-refractivity contribution < 1.29 is 0 Å². The molecule has 18 heavy (non-hydrogen) atoms. The van der Waals surface area contributed by atoms with Gasteiger partial charge in [0.25, 0.3) is 0 Å². The normalized spacial score (nSPS) is 10.3. The van der Waals surface area contributed by atoms with Crippen molar-refractivity contribution >= 4 is 29.5 Å². The summed E-state index contributed by atoms with van der Waals surface area (Å²) in [7, 11) is 1.89. The Hall–Kier alpha value is -2.07. The summed E-state index contributed by atoms with van der Waals surface area (Å²) in [6.45, 7) is 0. The number of halogens is 1. The maximum atomic E-state index is 5.75. The van der Waals surface area contributed by atoms with Crippen LogP contribution in [0.5, 0.6) is 0 Å². The maximum Gasteiger partial charge on any atom is 0.202 e. The van der Waals surface area contributed by atoms with E-state index in [0.717, 1.165) is 16.6 Å². The van der Waals surface area contributed by atoms with Gasteiger partial charge in [-0.3, -0.25) is 0 Å². The molecule has 3 rings (SSSR count). The molecule has 0 unspecified atom stereocenters. The molecule has 0 radical (unpaired) electrons. The third-order valence-corrected chi connectivity index (χ3v) is 2.88. The Labute approximate surface area is 111 Å². The Morgan fingerprint density at radius 1 is 1.11 bits per heavy atom. The van der Waals surface area contributed by atoms with Gasteiger partial charge in [-0.05, 0) is 11.6 Å². The fourth-order valence-electron chi connectivity index (χ4n) is 1.87. The van der Waals surface area contributed by atoms with Gasteiger partial charge in [0.05, 0.1) is 5.52 Å². The Balaban J connectivity index is 0.00000120. The van der Waals surface area contributed by atoms with Crippen molar-refractivity contribution in [2.45, 2.75) is 0 Å². The van der Waals surface area contributed by atoms with Gasteiger partial charge < -0.3 is 10.3 Å². The lowest BCUT2D eigenvalue weighted by Crippen LogP contribution is -1.96. The second-order valence-corrected chi connectivity index (χ2v) is 3.96. The summed E-state index contributed by atoms with van der Waals surface area (Å²) < 4.78 is 1.84. The highest BCUT2D eigenvalue weighted by Crippen LogP contribution is 2.22. The van der Waals surface area contributed by atoms with Crippen molar-refractivity contribution in [2.24, 2.45) is 7.05 Å². The lowest BCUT2D eigenvalue weighted by Gasteiger charge is -2.01. The number of nitrogens with two attached hydrogens (primary N) is 1. The molecular formula is C13H13ClN4. The molecule has 92 valence electrons. The average molecular weight is 261 g/mol. The van der Waals surface area contributed by atoms with Crippen molar-refractivity contribution in [3.8, 4) is 11.1 Å². The van der Waals surface area contributed by atoms with Crippen LogP contribution in [0.1, 0.15) is 0 Å². The minimum absolute atomic E-state index is 0. The standard InChI is InChI=1S/C13H12N4.ClH/c1-17-11-7-10(9-5-3-2-4-6-9)8-15-12(11)16-13(17)14;/h2-8H,1H3,(H2,14,15,16);1H. The number of anilines is 1. The molecular weight excluding hydrogens is 248 g/mol. The highest BCUT2D eigenvalue weighted by atomic mass is 35.5. The molecule has 5 heteroatoms. The largest absolute Gasteiger partial charge is 0.369 e. The predicted molar refractivity (Wildman–Crippen MR) is 75.6 cm³/mol. The molecule has 0 atom stereocenters. The van der Waals surface area contributed by atoms with Gasteiger partial charge in [-0.25, -0.2) is 4.98 Å². The summed E-state index contributed by atoms with van der Waals surface area (Å²) in [6, 6.07) is 12.2. The van der Waals surface area contributed by atoms with Crippen LogP contribution in [-0.2, 0) is 7.05 Å². The van der Waals surface area contributed by atoms with E-state index in [4.69, 9.17) is 5.73 Å². The molecule has 2 N–H and O–H groups in total. The number of aryl methyl sites for hydroxylation is 1. The SMILES string of the molecule is Cl.Cn1c(N)nc2ncc(-c3ccccc3)cc21. The third-order valence-electron chi connectivity index (χ3n) is 2.88. The van der Waals surface area contributed by atoms with E-state index in [0.29, 0.717) is 11.6 Å². The van der Waals surface area contributed by atoms with Gasteiger partial charge in [-0.1, -0.05) is 30.3 Å². The molecule has 0 amide bonds. The van der Waals surface area contributed by atoms with Crippen LogP contribution in [0.15, 0.2) is 42.6 Å². The van der Waals surface area contributed by atoms with Crippen molar-refractivity contribution in [3.05, 3.63) is 42.6 Å². The fraction of sp³-hybridized carbons (Fsp3) is 0.0769. The molecule has 2 aromatic heterocycles. The molecule has 2 heterocycles. The van der Waals surface area contributed by atoms with Gasteiger partial charge in [-0.2, -0.15) is 4.98 Å². The zero-order valence-corrected chi connectivity index (χ0v) is 10.7. The van der Waals surface area contributed by atoms with Gasteiger partial charge >= 0.3 is 0 Å². The highest BCUT2D eigenvalue weighted by molar-refractivity contribution is 5.85. The first-order valence-electron chi connectivity index (χ1n) is 5.39. The zero-order chi connectivity index (χ0) is 11.8. The van der Waals surface area contributed by atoms with Crippen LogP contribution in [-0.4, -0.2) is 14.5 Å². The minimum Gasteiger partial charge on any atom is -0.369 e. The first kappa shape index (κ1) is 12.4. The molecule has 0 aliphatic heterocycles. The van der Waals surface area contributed by atoms with E-state index in [9.17, 15) is 0 Å². The molecule has 0 bridgehead atoms. The zero-order valence-electron chi connectivity index (χ0n) is 9.87.